The van der Waals surface area contributed by atoms with E-state index in [4.69, 9.17) is 16.1 Å². The van der Waals surface area contributed by atoms with Crippen LogP contribution in [0.5, 0.6) is 0 Å². The van der Waals surface area contributed by atoms with E-state index in [1.165, 1.54) is 0 Å². The molecular formula is C14H14ClNO2. The summed E-state index contributed by atoms with van der Waals surface area (Å²) in [6.45, 7) is 3.93. The smallest absolute Gasteiger partial charge is 0.184 e. The lowest BCUT2D eigenvalue weighted by Crippen LogP contribution is -1.97. The molecule has 1 aromatic heterocycles. The molecule has 0 amide bonds. The molecule has 0 radical (unpaired) electrons. The second-order valence-electron chi connectivity index (χ2n) is 4.23. The Hall–Kier alpha value is -1.61. The number of halogens is 1. The number of benzene rings is 1. The third-order valence-electron chi connectivity index (χ3n) is 2.66. The van der Waals surface area contributed by atoms with E-state index in [0.717, 1.165) is 17.5 Å². The molecule has 2 aromatic rings. The van der Waals surface area contributed by atoms with Gasteiger partial charge in [0.05, 0.1) is 5.02 Å². The molecule has 4 heteroatoms. The van der Waals surface area contributed by atoms with Crippen molar-refractivity contribution >= 4 is 17.4 Å². The van der Waals surface area contributed by atoms with Crippen LogP contribution in [0.25, 0.3) is 11.3 Å². The molecule has 18 heavy (non-hydrogen) atoms. The molecule has 0 saturated carbocycles. The van der Waals surface area contributed by atoms with Crippen LogP contribution in [0.3, 0.4) is 0 Å². The first-order chi connectivity index (χ1) is 8.61. The first-order valence-electron chi connectivity index (χ1n) is 5.88. The van der Waals surface area contributed by atoms with Crippen molar-refractivity contribution in [3.8, 4) is 11.3 Å². The minimum Gasteiger partial charge on any atom is -0.356 e. The molecule has 3 nitrogen and oxygen atoms in total. The Labute approximate surface area is 111 Å². The van der Waals surface area contributed by atoms with Gasteiger partial charge >= 0.3 is 0 Å². The summed E-state index contributed by atoms with van der Waals surface area (Å²) in [7, 11) is 0. The van der Waals surface area contributed by atoms with Gasteiger partial charge in [-0.1, -0.05) is 35.3 Å². The molecule has 2 rings (SSSR count). The molecule has 0 N–H and O–H groups in total. The van der Waals surface area contributed by atoms with Crippen molar-refractivity contribution in [3.05, 3.63) is 40.5 Å². The van der Waals surface area contributed by atoms with Crippen molar-refractivity contribution in [3.63, 3.8) is 0 Å². The number of carbonyl (C=O) groups excluding carboxylic acids is 1. The number of aryl methyl sites for hydroxylation is 1. The summed E-state index contributed by atoms with van der Waals surface area (Å²) in [6.07, 6.45) is 1.28. The van der Waals surface area contributed by atoms with Crippen molar-refractivity contribution in [1.82, 2.24) is 5.16 Å². The number of aromatic nitrogens is 1. The fourth-order valence-electron chi connectivity index (χ4n) is 1.72. The average Bonchev–Trinajstić information content (AvgIpc) is 2.82. The van der Waals surface area contributed by atoms with E-state index >= 15 is 0 Å². The second kappa shape index (κ2) is 5.36. The molecule has 1 aromatic carbocycles. The number of carbonyl (C=O) groups is 1. The van der Waals surface area contributed by atoms with Crippen LogP contribution >= 0.6 is 11.6 Å². The van der Waals surface area contributed by atoms with Gasteiger partial charge in [0.15, 0.2) is 11.5 Å². The topological polar surface area (TPSA) is 43.1 Å². The predicted octanol–water partition coefficient (Wildman–Crippen LogP) is 4.29. The third kappa shape index (κ3) is 2.62. The minimum atomic E-state index is -0.00345. The molecule has 0 saturated heterocycles. The Bertz CT molecular complexity index is 575. The van der Waals surface area contributed by atoms with Crippen LogP contribution in [-0.4, -0.2) is 10.9 Å². The van der Waals surface area contributed by atoms with Gasteiger partial charge in [0, 0.05) is 18.1 Å². The highest BCUT2D eigenvalue weighted by molar-refractivity contribution is 6.33. The average molecular weight is 264 g/mol. The van der Waals surface area contributed by atoms with Crippen molar-refractivity contribution in [2.24, 2.45) is 0 Å². The van der Waals surface area contributed by atoms with E-state index in [2.05, 4.69) is 5.16 Å². The van der Waals surface area contributed by atoms with Gasteiger partial charge in [-0.15, -0.1) is 0 Å². The number of rotatable bonds is 4. The predicted molar refractivity (Wildman–Crippen MR) is 70.9 cm³/mol. The van der Waals surface area contributed by atoms with E-state index in [-0.39, 0.29) is 5.78 Å². The molecule has 0 spiro atoms. The van der Waals surface area contributed by atoms with Gasteiger partial charge in [-0.05, 0) is 25.5 Å². The number of hydrogen-bond acceptors (Lipinski definition) is 3. The molecule has 0 unspecified atom stereocenters. The van der Waals surface area contributed by atoms with E-state index in [1.807, 2.05) is 32.0 Å². The maximum atomic E-state index is 11.7. The van der Waals surface area contributed by atoms with Crippen LogP contribution in [0, 0.1) is 6.92 Å². The molecule has 94 valence electrons. The number of Topliss-reactive ketones (excluding diaryl/α,β-unsaturated/α-hetero) is 1. The van der Waals surface area contributed by atoms with E-state index in [0.29, 0.717) is 22.9 Å². The first kappa shape index (κ1) is 12.8. The van der Waals surface area contributed by atoms with Gasteiger partial charge in [-0.3, -0.25) is 4.79 Å². The zero-order valence-electron chi connectivity index (χ0n) is 10.4. The molecule has 0 bridgehead atoms. The van der Waals surface area contributed by atoms with Crippen LogP contribution in [-0.2, 0) is 0 Å². The second-order valence-corrected chi connectivity index (χ2v) is 4.64. The minimum absolute atomic E-state index is 0.00345. The van der Waals surface area contributed by atoms with Gasteiger partial charge in [-0.2, -0.15) is 0 Å². The van der Waals surface area contributed by atoms with E-state index < -0.39 is 0 Å². The maximum Gasteiger partial charge on any atom is 0.184 e. The SMILES string of the molecule is CCCC(=O)c1cc(-c2cc(C)ccc2Cl)on1. The molecule has 0 aliphatic heterocycles. The normalized spacial score (nSPS) is 10.6. The lowest BCUT2D eigenvalue weighted by atomic mass is 10.1. The van der Waals surface area contributed by atoms with Gasteiger partial charge in [0.25, 0.3) is 0 Å². The zero-order chi connectivity index (χ0) is 13.1. The highest BCUT2D eigenvalue weighted by Crippen LogP contribution is 2.29. The fraction of sp³-hybridized carbons (Fsp3) is 0.286. The van der Waals surface area contributed by atoms with Gasteiger partial charge in [0.1, 0.15) is 5.69 Å². The lowest BCUT2D eigenvalue weighted by Gasteiger charge is -2.00. The number of hydrogen-bond donors (Lipinski definition) is 0. The molecular weight excluding hydrogens is 250 g/mol. The summed E-state index contributed by atoms with van der Waals surface area (Å²) < 4.78 is 5.20. The monoisotopic (exact) mass is 263 g/mol. The van der Waals surface area contributed by atoms with Crippen LogP contribution in [0.2, 0.25) is 5.02 Å². The zero-order valence-corrected chi connectivity index (χ0v) is 11.1. The van der Waals surface area contributed by atoms with Crippen LogP contribution in [0.15, 0.2) is 28.8 Å². The van der Waals surface area contributed by atoms with E-state index in [1.54, 1.807) is 6.07 Å². The van der Waals surface area contributed by atoms with Crippen molar-refractivity contribution in [2.75, 3.05) is 0 Å². The first-order valence-corrected chi connectivity index (χ1v) is 6.26. The Kier molecular flexibility index (Phi) is 3.82. The Morgan fingerprint density at radius 1 is 1.39 bits per heavy atom. The van der Waals surface area contributed by atoms with Gasteiger partial charge < -0.3 is 4.52 Å². The summed E-state index contributed by atoms with van der Waals surface area (Å²) in [5, 5.41) is 4.39. The van der Waals surface area contributed by atoms with Crippen LogP contribution < -0.4 is 0 Å². The summed E-state index contributed by atoms with van der Waals surface area (Å²) in [5.41, 5.74) is 2.20. The molecule has 0 aliphatic carbocycles. The number of ketones is 1. The fourth-order valence-corrected chi connectivity index (χ4v) is 1.93. The highest BCUT2D eigenvalue weighted by atomic mass is 35.5. The molecule has 0 fully saturated rings. The van der Waals surface area contributed by atoms with Crippen molar-refractivity contribution in [1.29, 1.82) is 0 Å². The summed E-state index contributed by atoms with van der Waals surface area (Å²) >= 11 is 6.11. The molecule has 0 aliphatic rings. The molecule has 1 heterocycles. The van der Waals surface area contributed by atoms with Gasteiger partial charge in [0.2, 0.25) is 0 Å². The van der Waals surface area contributed by atoms with Crippen LogP contribution in [0.1, 0.15) is 35.8 Å². The Morgan fingerprint density at radius 3 is 2.89 bits per heavy atom. The quantitative estimate of drug-likeness (QED) is 0.773. The summed E-state index contributed by atoms with van der Waals surface area (Å²) in [4.78, 5) is 11.7. The third-order valence-corrected chi connectivity index (χ3v) is 2.99. The summed E-state index contributed by atoms with van der Waals surface area (Å²) in [5.74, 6) is 0.527. The standard InChI is InChI=1S/C14H14ClNO2/c1-3-4-13(17)12-8-14(18-16-12)10-7-9(2)5-6-11(10)15/h5-8H,3-4H2,1-2H3. The molecule has 0 atom stereocenters. The van der Waals surface area contributed by atoms with Gasteiger partial charge in [-0.25, -0.2) is 0 Å². The Morgan fingerprint density at radius 2 is 2.17 bits per heavy atom. The summed E-state index contributed by atoms with van der Waals surface area (Å²) in [6, 6.07) is 7.29. The van der Waals surface area contributed by atoms with E-state index in [9.17, 15) is 4.79 Å². The lowest BCUT2D eigenvalue weighted by molar-refractivity contribution is 0.0973. The Balaban J connectivity index is 2.35. The van der Waals surface area contributed by atoms with Crippen LogP contribution in [0.4, 0.5) is 0 Å². The maximum absolute atomic E-state index is 11.7. The van der Waals surface area contributed by atoms with Crippen molar-refractivity contribution < 1.29 is 9.32 Å². The number of nitrogens with zero attached hydrogens (tertiary/aromatic N) is 1. The highest BCUT2D eigenvalue weighted by Gasteiger charge is 2.14. The van der Waals surface area contributed by atoms with Crippen molar-refractivity contribution in [2.45, 2.75) is 26.7 Å². The largest absolute Gasteiger partial charge is 0.356 e.